The van der Waals surface area contributed by atoms with Gasteiger partial charge in [0.15, 0.2) is 5.84 Å². The highest BCUT2D eigenvalue weighted by Gasteiger charge is 2.36. The summed E-state index contributed by atoms with van der Waals surface area (Å²) in [7, 11) is 0. The third-order valence-electron chi connectivity index (χ3n) is 4.02. The maximum Gasteiger partial charge on any atom is 0.433 e. The lowest BCUT2D eigenvalue weighted by atomic mass is 10.1. The van der Waals surface area contributed by atoms with Gasteiger partial charge in [0.1, 0.15) is 28.1 Å². The van der Waals surface area contributed by atoms with Crippen molar-refractivity contribution in [1.29, 1.82) is 5.41 Å². The number of benzene rings is 1. The van der Waals surface area contributed by atoms with Crippen molar-refractivity contribution in [3.63, 3.8) is 0 Å². The lowest BCUT2D eigenvalue weighted by molar-refractivity contribution is -0.402. The molecule has 2 aromatic rings. The zero-order chi connectivity index (χ0) is 20.5. The molecule has 0 bridgehead atoms. The summed E-state index contributed by atoms with van der Waals surface area (Å²) in [5, 5.41) is 25.3. The minimum atomic E-state index is -0.686. The van der Waals surface area contributed by atoms with Crippen molar-refractivity contribution in [2.75, 3.05) is 6.61 Å². The van der Waals surface area contributed by atoms with Crippen LogP contribution >= 0.6 is 11.8 Å². The second-order valence-corrected chi connectivity index (χ2v) is 7.04. The number of hydrogen-bond donors (Lipinski definition) is 1. The summed E-state index contributed by atoms with van der Waals surface area (Å²) in [6, 6.07) is 10.1. The number of carbonyl (C=O) groups excluding carboxylic acids is 1. The van der Waals surface area contributed by atoms with E-state index in [4.69, 9.17) is 14.6 Å². The van der Waals surface area contributed by atoms with E-state index >= 15 is 0 Å². The Balaban J connectivity index is 1.53. The predicted molar refractivity (Wildman–Crippen MR) is 107 cm³/mol. The summed E-state index contributed by atoms with van der Waals surface area (Å²) in [6.45, 7) is 2.09. The largest absolute Gasteiger partial charge is 0.486 e. The van der Waals surface area contributed by atoms with Gasteiger partial charge >= 0.3 is 5.88 Å². The van der Waals surface area contributed by atoms with E-state index < -0.39 is 16.7 Å². The number of furan rings is 1. The number of nitrogens with zero attached hydrogens (tertiary/aromatic N) is 4. The van der Waals surface area contributed by atoms with Crippen LogP contribution in [0.3, 0.4) is 0 Å². The molecule has 2 aliphatic heterocycles. The summed E-state index contributed by atoms with van der Waals surface area (Å²) in [6.07, 6.45) is 1.24. The molecule has 1 N–H and O–H groups in total. The average Bonchev–Trinajstić information content (AvgIpc) is 3.31. The van der Waals surface area contributed by atoms with Gasteiger partial charge in [-0.05, 0) is 42.5 Å². The maximum absolute atomic E-state index is 12.3. The van der Waals surface area contributed by atoms with Crippen molar-refractivity contribution in [3.8, 4) is 5.75 Å². The number of carbonyl (C=O) groups is 1. The van der Waals surface area contributed by atoms with Gasteiger partial charge in [0, 0.05) is 0 Å². The molecule has 1 aromatic carbocycles. The molecule has 0 saturated heterocycles. The summed E-state index contributed by atoms with van der Waals surface area (Å²) in [5.41, 5.74) is 0.898. The summed E-state index contributed by atoms with van der Waals surface area (Å²) >= 11 is 1.14. The Morgan fingerprint density at radius 2 is 2.14 bits per heavy atom. The van der Waals surface area contributed by atoms with Crippen LogP contribution in [0, 0.1) is 22.4 Å². The molecule has 0 spiro atoms. The molecule has 1 amide bonds. The molecule has 0 atom stereocenters. The van der Waals surface area contributed by atoms with Crippen molar-refractivity contribution in [1.82, 2.24) is 5.01 Å². The van der Waals surface area contributed by atoms with Crippen LogP contribution in [0.5, 0.6) is 5.75 Å². The standard InChI is InChI=1S/C18H13N5O5S/c1-10-4-2-3-5-13(10)27-9-14-21-22-16(19)12(17(24)20-18(22)29-14)8-11-6-7-15(28-11)23(25)26/h2-8,19H,9H2,1H3/b12-8-,19-16?. The lowest BCUT2D eigenvalue weighted by Crippen LogP contribution is -2.35. The molecule has 11 heteroatoms. The fourth-order valence-electron chi connectivity index (χ4n) is 2.61. The first-order valence-electron chi connectivity index (χ1n) is 8.34. The number of thioether (sulfide) groups is 1. The Bertz CT molecular complexity index is 1130. The Kier molecular flexibility index (Phi) is 4.72. The summed E-state index contributed by atoms with van der Waals surface area (Å²) < 4.78 is 10.8. The van der Waals surface area contributed by atoms with E-state index in [1.165, 1.54) is 23.2 Å². The zero-order valence-corrected chi connectivity index (χ0v) is 15.8. The number of aliphatic imine (C=N–C) groups is 1. The van der Waals surface area contributed by atoms with Gasteiger partial charge in [0.2, 0.25) is 5.17 Å². The molecule has 2 aliphatic rings. The average molecular weight is 411 g/mol. The topological polar surface area (TPSA) is 134 Å². The second-order valence-electron chi connectivity index (χ2n) is 6.00. The van der Waals surface area contributed by atoms with Gasteiger partial charge in [-0.1, -0.05) is 18.2 Å². The van der Waals surface area contributed by atoms with Crippen molar-refractivity contribution in [3.05, 3.63) is 63.4 Å². The van der Waals surface area contributed by atoms with Gasteiger partial charge in [0.05, 0.1) is 11.6 Å². The molecule has 29 heavy (non-hydrogen) atoms. The third kappa shape index (κ3) is 3.67. The van der Waals surface area contributed by atoms with E-state index in [-0.39, 0.29) is 28.9 Å². The number of rotatable bonds is 5. The van der Waals surface area contributed by atoms with E-state index in [2.05, 4.69) is 10.1 Å². The summed E-state index contributed by atoms with van der Waals surface area (Å²) in [4.78, 5) is 26.3. The van der Waals surface area contributed by atoms with Crippen molar-refractivity contribution in [2.45, 2.75) is 6.92 Å². The number of nitrogens with one attached hydrogen (secondary N) is 1. The van der Waals surface area contributed by atoms with Crippen molar-refractivity contribution >= 4 is 45.7 Å². The van der Waals surface area contributed by atoms with E-state index in [9.17, 15) is 14.9 Å². The number of fused-ring (bicyclic) bond motifs is 1. The number of aryl methyl sites for hydroxylation is 1. The molecule has 10 nitrogen and oxygen atoms in total. The molecule has 3 heterocycles. The van der Waals surface area contributed by atoms with Crippen molar-refractivity contribution in [2.24, 2.45) is 10.1 Å². The summed E-state index contributed by atoms with van der Waals surface area (Å²) in [5.74, 6) is -0.515. The molecule has 0 radical (unpaired) electrons. The highest BCUT2D eigenvalue weighted by Crippen LogP contribution is 2.29. The van der Waals surface area contributed by atoms with Crippen LogP contribution in [-0.4, -0.2) is 38.5 Å². The minimum Gasteiger partial charge on any atom is -0.486 e. The van der Waals surface area contributed by atoms with Crippen LogP contribution < -0.4 is 4.74 Å². The van der Waals surface area contributed by atoms with Crippen LogP contribution in [0.15, 0.2) is 56.5 Å². The van der Waals surface area contributed by atoms with E-state index in [1.807, 2.05) is 31.2 Å². The molecule has 4 rings (SSSR count). The number of hydrazone groups is 1. The number of nitro groups is 1. The Hall–Kier alpha value is -3.73. The van der Waals surface area contributed by atoms with Crippen LogP contribution in [-0.2, 0) is 4.79 Å². The Morgan fingerprint density at radius 3 is 2.86 bits per heavy atom. The maximum atomic E-state index is 12.3. The quantitative estimate of drug-likeness (QED) is 0.453. The first kappa shape index (κ1) is 18.6. The van der Waals surface area contributed by atoms with Gasteiger partial charge in [-0.3, -0.25) is 20.3 Å². The monoisotopic (exact) mass is 411 g/mol. The van der Waals surface area contributed by atoms with Gasteiger partial charge in [-0.2, -0.15) is 15.1 Å². The molecule has 1 aromatic heterocycles. The number of amidine groups is 2. The second kappa shape index (κ2) is 7.36. The lowest BCUT2D eigenvalue weighted by Gasteiger charge is -2.19. The molecule has 0 saturated carbocycles. The molecule has 0 unspecified atom stereocenters. The highest BCUT2D eigenvalue weighted by atomic mass is 32.2. The number of hydrogen-bond acceptors (Lipinski definition) is 8. The number of para-hydroxylation sites is 1. The highest BCUT2D eigenvalue weighted by molar-refractivity contribution is 8.27. The molecular formula is C18H13N5O5S. The number of amides is 1. The predicted octanol–water partition coefficient (Wildman–Crippen LogP) is 3.19. The fourth-order valence-corrected chi connectivity index (χ4v) is 3.41. The first-order valence-corrected chi connectivity index (χ1v) is 9.16. The normalized spacial score (nSPS) is 17.3. The van der Waals surface area contributed by atoms with Gasteiger partial charge < -0.3 is 9.15 Å². The van der Waals surface area contributed by atoms with Crippen LogP contribution in [0.2, 0.25) is 0 Å². The zero-order valence-electron chi connectivity index (χ0n) is 15.0. The molecule has 0 aliphatic carbocycles. The SMILES string of the molecule is Cc1ccccc1OCC1=NN2C(=N)/C(=C/c3ccc([N+](=O)[O-])o3)C(=O)N=C2S1. The van der Waals surface area contributed by atoms with Gasteiger partial charge in [0.25, 0.3) is 5.91 Å². The van der Waals surface area contributed by atoms with Crippen LogP contribution in [0.1, 0.15) is 11.3 Å². The minimum absolute atomic E-state index is 0.0717. The Labute approximate surface area is 168 Å². The molecular weight excluding hydrogens is 398 g/mol. The smallest absolute Gasteiger partial charge is 0.433 e. The van der Waals surface area contributed by atoms with Crippen LogP contribution in [0.25, 0.3) is 6.08 Å². The first-order chi connectivity index (χ1) is 13.9. The fraction of sp³-hybridized carbons (Fsp3) is 0.111. The van der Waals surface area contributed by atoms with E-state index in [0.29, 0.717) is 10.8 Å². The third-order valence-corrected chi connectivity index (χ3v) is 4.90. The van der Waals surface area contributed by atoms with E-state index in [0.717, 1.165) is 17.3 Å². The molecule has 146 valence electrons. The van der Waals surface area contributed by atoms with E-state index in [1.54, 1.807) is 0 Å². The van der Waals surface area contributed by atoms with Gasteiger partial charge in [-0.25, -0.2) is 0 Å². The van der Waals surface area contributed by atoms with Crippen molar-refractivity contribution < 1.29 is 18.9 Å². The Morgan fingerprint density at radius 1 is 1.34 bits per heavy atom. The molecule has 0 fully saturated rings. The van der Waals surface area contributed by atoms with Gasteiger partial charge in [-0.15, -0.1) is 0 Å². The van der Waals surface area contributed by atoms with Crippen LogP contribution in [0.4, 0.5) is 5.88 Å². The number of ether oxygens (including phenoxy) is 1.